The molecule has 2 amide bonds. The normalized spacial score (nSPS) is 19.8. The van der Waals surface area contributed by atoms with Crippen LogP contribution in [0.4, 0.5) is 29.7 Å². The minimum Gasteiger partial charge on any atom is -0.447 e. The van der Waals surface area contributed by atoms with Gasteiger partial charge >= 0.3 is 12.2 Å². The molecule has 2 saturated heterocycles. The summed E-state index contributed by atoms with van der Waals surface area (Å²) in [5, 5.41) is 2.70. The summed E-state index contributed by atoms with van der Waals surface area (Å²) >= 11 is 4.66. The molecule has 8 nitrogen and oxygen atoms in total. The van der Waals surface area contributed by atoms with Crippen molar-refractivity contribution in [1.82, 2.24) is 5.32 Å². The summed E-state index contributed by atoms with van der Waals surface area (Å²) in [6.45, 7) is 0.346. The fourth-order valence-corrected chi connectivity index (χ4v) is 2.70. The van der Waals surface area contributed by atoms with Gasteiger partial charge in [-0.1, -0.05) is 0 Å². The first-order chi connectivity index (χ1) is 11.9. The van der Waals surface area contributed by atoms with E-state index in [0.717, 1.165) is 21.9 Å². The van der Waals surface area contributed by atoms with Crippen LogP contribution in [0, 0.1) is 11.6 Å². The molecule has 3 N–H and O–H groups in total. The number of carbonyl (C=O) groups is 2. The molecule has 134 valence electrons. The molecule has 2 aliphatic rings. The van der Waals surface area contributed by atoms with E-state index in [9.17, 15) is 18.4 Å². The van der Waals surface area contributed by atoms with Gasteiger partial charge < -0.3 is 20.5 Å². The van der Waals surface area contributed by atoms with Crippen molar-refractivity contribution < 1.29 is 27.8 Å². The summed E-state index contributed by atoms with van der Waals surface area (Å²) < 4.78 is 38.5. The van der Waals surface area contributed by atoms with E-state index in [4.69, 9.17) is 10.5 Å². The minimum atomic E-state index is -0.980. The number of carbonyl (C=O) groups excluding carboxylic acids is 2. The molecule has 0 radical (unpaired) electrons. The molecule has 0 bridgehead atoms. The first-order valence-electron chi connectivity index (χ1n) is 7.31. The van der Waals surface area contributed by atoms with Crippen LogP contribution in [0.1, 0.15) is 0 Å². The largest absolute Gasteiger partial charge is 0.447 e. The zero-order valence-electron chi connectivity index (χ0n) is 12.8. The maximum atomic E-state index is 14.4. The number of nitrogens with zero attached hydrogens (tertiary/aromatic N) is 2. The lowest BCUT2D eigenvalue weighted by Gasteiger charge is -2.18. The molecule has 0 spiro atoms. The third-order valence-corrected chi connectivity index (χ3v) is 3.87. The summed E-state index contributed by atoms with van der Waals surface area (Å²) in [6, 6.07) is 1.93. The summed E-state index contributed by atoms with van der Waals surface area (Å²) in [7, 11) is 0. The van der Waals surface area contributed by atoms with E-state index in [1.165, 1.54) is 0 Å². The van der Waals surface area contributed by atoms with Gasteiger partial charge in [-0.25, -0.2) is 18.4 Å². The Bertz CT molecular complexity index is 725. The highest BCUT2D eigenvalue weighted by atomic mass is 32.1. The molecule has 2 heterocycles. The summed E-state index contributed by atoms with van der Waals surface area (Å²) in [6.07, 6.45) is -2.15. The predicted octanol–water partition coefficient (Wildman–Crippen LogP) is 1.08. The Kier molecular flexibility index (Phi) is 4.57. The van der Waals surface area contributed by atoms with E-state index in [1.54, 1.807) is 0 Å². The number of amides is 2. The third-order valence-electron chi connectivity index (χ3n) is 3.72. The van der Waals surface area contributed by atoms with Gasteiger partial charge in [0.25, 0.3) is 0 Å². The average molecular weight is 372 g/mol. The molecule has 25 heavy (non-hydrogen) atoms. The number of halogens is 2. The van der Waals surface area contributed by atoms with E-state index < -0.39 is 35.6 Å². The second-order valence-electron chi connectivity index (χ2n) is 5.39. The molecule has 1 atom stereocenters. The number of nitrogens with one attached hydrogen (secondary N) is 1. The van der Waals surface area contributed by atoms with Crippen molar-refractivity contribution in [2.75, 3.05) is 36.0 Å². The monoisotopic (exact) mass is 372 g/mol. The fourth-order valence-electron chi connectivity index (χ4n) is 2.62. The summed E-state index contributed by atoms with van der Waals surface area (Å²) in [4.78, 5) is 25.4. The van der Waals surface area contributed by atoms with E-state index in [1.807, 2.05) is 0 Å². The number of nitrogens with two attached hydrogens (primary N) is 1. The number of benzene rings is 1. The lowest BCUT2D eigenvalue weighted by Crippen LogP contribution is -2.37. The fraction of sp³-hybridized carbons (Fsp3) is 0.357. The van der Waals surface area contributed by atoms with Crippen LogP contribution in [0.2, 0.25) is 0 Å². The number of hydrogen-bond donors (Lipinski definition) is 2. The predicted molar refractivity (Wildman–Crippen MR) is 87.5 cm³/mol. The van der Waals surface area contributed by atoms with Crippen molar-refractivity contribution >= 4 is 40.9 Å². The van der Waals surface area contributed by atoms with Crippen molar-refractivity contribution in [2.24, 2.45) is 5.73 Å². The smallest absolute Gasteiger partial charge is 0.414 e. The first kappa shape index (κ1) is 17.1. The molecule has 2 aliphatic heterocycles. The Morgan fingerprint density at radius 3 is 2.52 bits per heavy atom. The van der Waals surface area contributed by atoms with Gasteiger partial charge in [0, 0.05) is 12.1 Å². The Morgan fingerprint density at radius 2 is 1.96 bits per heavy atom. The van der Waals surface area contributed by atoms with Crippen LogP contribution in [0.25, 0.3) is 0 Å². The van der Waals surface area contributed by atoms with Crippen LogP contribution in [-0.4, -0.2) is 49.6 Å². The molecule has 3 rings (SSSR count). The quantitative estimate of drug-likeness (QED) is 0.764. The van der Waals surface area contributed by atoms with Gasteiger partial charge in [-0.15, -0.1) is 0 Å². The molecule has 1 aromatic carbocycles. The number of cyclic esters (lactones) is 2. The van der Waals surface area contributed by atoms with Gasteiger partial charge in [-0.3, -0.25) is 9.80 Å². The highest BCUT2D eigenvalue weighted by Gasteiger charge is 2.35. The molecule has 0 saturated carbocycles. The van der Waals surface area contributed by atoms with Crippen LogP contribution in [0.3, 0.4) is 0 Å². The Morgan fingerprint density at radius 1 is 1.28 bits per heavy atom. The van der Waals surface area contributed by atoms with Gasteiger partial charge in [-0.2, -0.15) is 0 Å². The summed E-state index contributed by atoms with van der Waals surface area (Å²) in [5.41, 5.74) is 4.77. The molecule has 2 fully saturated rings. The van der Waals surface area contributed by atoms with E-state index in [-0.39, 0.29) is 37.0 Å². The van der Waals surface area contributed by atoms with Gasteiger partial charge in [0.05, 0.1) is 25.3 Å². The zero-order chi connectivity index (χ0) is 18.1. The molecular formula is C14H14F2N4O4S. The number of thiocarbonyl (C=S) groups is 1. The third kappa shape index (κ3) is 3.40. The topological polar surface area (TPSA) is 97.1 Å². The molecule has 0 aromatic heterocycles. The van der Waals surface area contributed by atoms with E-state index in [0.29, 0.717) is 0 Å². The minimum absolute atomic E-state index is 0.0193. The van der Waals surface area contributed by atoms with Gasteiger partial charge in [0.1, 0.15) is 18.4 Å². The highest BCUT2D eigenvalue weighted by molar-refractivity contribution is 7.80. The van der Waals surface area contributed by atoms with E-state index >= 15 is 0 Å². The molecule has 1 aromatic rings. The van der Waals surface area contributed by atoms with Gasteiger partial charge in [0.2, 0.25) is 0 Å². The number of hydrogen-bond acceptors (Lipinski definition) is 5. The van der Waals surface area contributed by atoms with Gasteiger partial charge in [-0.05, 0) is 12.2 Å². The van der Waals surface area contributed by atoms with Crippen molar-refractivity contribution in [1.29, 1.82) is 0 Å². The molecule has 11 heteroatoms. The van der Waals surface area contributed by atoms with Crippen LogP contribution in [0.5, 0.6) is 0 Å². The standard InChI is InChI=1S/C14H14F2N4O4S/c15-9-3-7(4-10(16)11(9)19-1-2-23-13(19)21)20-6-8(24-14(20)22)5-18-12(17)25/h3-4,8H,1-2,5-6H2,(H3,17,18,25). The number of anilines is 2. The van der Waals surface area contributed by atoms with Crippen molar-refractivity contribution in [3.63, 3.8) is 0 Å². The van der Waals surface area contributed by atoms with Crippen molar-refractivity contribution in [3.05, 3.63) is 23.8 Å². The molecule has 0 aliphatic carbocycles. The maximum Gasteiger partial charge on any atom is 0.414 e. The molecule has 1 unspecified atom stereocenters. The Hall–Kier alpha value is -2.69. The van der Waals surface area contributed by atoms with Crippen LogP contribution < -0.4 is 20.9 Å². The second-order valence-corrected chi connectivity index (χ2v) is 5.83. The first-order valence-corrected chi connectivity index (χ1v) is 7.72. The van der Waals surface area contributed by atoms with Crippen molar-refractivity contribution in [2.45, 2.75) is 6.10 Å². The molecular weight excluding hydrogens is 358 g/mol. The Labute approximate surface area is 146 Å². The highest BCUT2D eigenvalue weighted by Crippen LogP contribution is 2.32. The lowest BCUT2D eigenvalue weighted by atomic mass is 10.2. The van der Waals surface area contributed by atoms with E-state index in [2.05, 4.69) is 22.3 Å². The second kappa shape index (κ2) is 6.67. The van der Waals surface area contributed by atoms with Crippen LogP contribution in [-0.2, 0) is 9.47 Å². The maximum absolute atomic E-state index is 14.4. The van der Waals surface area contributed by atoms with Gasteiger partial charge in [0.15, 0.2) is 16.7 Å². The van der Waals surface area contributed by atoms with Crippen LogP contribution >= 0.6 is 12.2 Å². The average Bonchev–Trinajstić information content (AvgIpc) is 3.11. The number of rotatable bonds is 4. The zero-order valence-corrected chi connectivity index (χ0v) is 13.6. The Balaban J connectivity index is 1.80. The lowest BCUT2D eigenvalue weighted by molar-refractivity contribution is 0.143. The number of ether oxygens (including phenoxy) is 2. The SMILES string of the molecule is NC(=S)NCC1CN(c2cc(F)c(N3CCOC3=O)c(F)c2)C(=O)O1. The summed E-state index contributed by atoms with van der Waals surface area (Å²) in [5.74, 6) is -1.96. The van der Waals surface area contributed by atoms with Crippen molar-refractivity contribution in [3.8, 4) is 0 Å². The van der Waals surface area contributed by atoms with Crippen LogP contribution in [0.15, 0.2) is 12.1 Å².